The molecular weight excluding hydrogens is 363 g/mol. The van der Waals surface area contributed by atoms with E-state index in [1.807, 2.05) is 12.1 Å². The van der Waals surface area contributed by atoms with E-state index in [9.17, 15) is 0 Å². The molecule has 4 atom stereocenters. The monoisotopic (exact) mass is 388 g/mol. The fourth-order valence-electron chi connectivity index (χ4n) is 4.85. The van der Waals surface area contributed by atoms with Gasteiger partial charge in [-0.1, -0.05) is 53.9 Å². The second-order valence-corrected chi connectivity index (χ2v) is 8.54. The number of nitrogens with zero attached hydrogens (tertiary/aromatic N) is 1. The topological polar surface area (TPSA) is 15.3 Å². The van der Waals surface area contributed by atoms with Crippen molar-refractivity contribution in [3.8, 4) is 0 Å². The third kappa shape index (κ3) is 3.60. The van der Waals surface area contributed by atoms with Gasteiger partial charge in [0.15, 0.2) is 0 Å². The van der Waals surface area contributed by atoms with Crippen molar-refractivity contribution in [1.82, 2.24) is 5.32 Å². The Balaban J connectivity index is 1.57. The van der Waals surface area contributed by atoms with Crippen molar-refractivity contribution in [2.45, 2.75) is 50.2 Å². The number of rotatable bonds is 3. The molecule has 2 aromatic carbocycles. The third-order valence-corrected chi connectivity index (χ3v) is 6.78. The first-order valence-corrected chi connectivity index (χ1v) is 10.4. The van der Waals surface area contributed by atoms with Gasteiger partial charge in [-0.3, -0.25) is 0 Å². The first-order valence-electron chi connectivity index (χ1n) is 9.62. The predicted molar refractivity (Wildman–Crippen MR) is 111 cm³/mol. The second kappa shape index (κ2) is 7.80. The smallest absolute Gasteiger partial charge is 0.0468 e. The van der Waals surface area contributed by atoms with Crippen LogP contribution in [0.1, 0.15) is 43.7 Å². The van der Waals surface area contributed by atoms with Crippen LogP contribution >= 0.6 is 23.2 Å². The van der Waals surface area contributed by atoms with Gasteiger partial charge in [-0.25, -0.2) is 0 Å². The Morgan fingerprint density at radius 2 is 1.77 bits per heavy atom. The van der Waals surface area contributed by atoms with Crippen molar-refractivity contribution in [3.05, 3.63) is 64.1 Å². The van der Waals surface area contributed by atoms with E-state index in [4.69, 9.17) is 23.2 Å². The van der Waals surface area contributed by atoms with Crippen molar-refractivity contribution in [2.24, 2.45) is 5.92 Å². The van der Waals surface area contributed by atoms with Crippen LogP contribution in [0, 0.1) is 5.92 Å². The summed E-state index contributed by atoms with van der Waals surface area (Å²) in [5.74, 6) is 0.752. The standard InChI is InChI=1S/C22H26Cl2N2/c1-26(17-7-3-2-4-8-17)21-9-5-6-15-10-13-20(25-22(15)21)18-12-11-16(23)14-19(18)24/h2-4,7-8,11-12,14-15,20-22,25H,5-6,9-10,13H2,1H3. The van der Waals surface area contributed by atoms with E-state index >= 15 is 0 Å². The van der Waals surface area contributed by atoms with E-state index in [-0.39, 0.29) is 0 Å². The zero-order valence-corrected chi connectivity index (χ0v) is 16.7. The number of para-hydroxylation sites is 1. The average molecular weight is 389 g/mol. The quantitative estimate of drug-likeness (QED) is 0.683. The van der Waals surface area contributed by atoms with Gasteiger partial charge < -0.3 is 10.2 Å². The third-order valence-electron chi connectivity index (χ3n) is 6.22. The number of anilines is 1. The highest BCUT2D eigenvalue weighted by molar-refractivity contribution is 6.35. The van der Waals surface area contributed by atoms with Gasteiger partial charge in [-0.2, -0.15) is 0 Å². The van der Waals surface area contributed by atoms with Crippen molar-refractivity contribution in [2.75, 3.05) is 11.9 Å². The molecule has 0 bridgehead atoms. The molecule has 1 heterocycles. The molecule has 1 saturated heterocycles. The lowest BCUT2D eigenvalue weighted by Crippen LogP contribution is -2.57. The summed E-state index contributed by atoms with van der Waals surface area (Å²) in [5, 5.41) is 5.44. The number of hydrogen-bond acceptors (Lipinski definition) is 2. The first-order chi connectivity index (χ1) is 12.6. The van der Waals surface area contributed by atoms with Crippen molar-refractivity contribution in [3.63, 3.8) is 0 Å². The first kappa shape index (κ1) is 18.2. The molecule has 4 unspecified atom stereocenters. The number of hydrogen-bond donors (Lipinski definition) is 1. The van der Waals surface area contributed by atoms with Crippen LogP contribution in [-0.4, -0.2) is 19.1 Å². The summed E-state index contributed by atoms with van der Waals surface area (Å²) < 4.78 is 0. The molecule has 0 radical (unpaired) electrons. The summed E-state index contributed by atoms with van der Waals surface area (Å²) in [6, 6.07) is 18.0. The van der Waals surface area contributed by atoms with Gasteiger partial charge in [-0.05, 0) is 61.4 Å². The van der Waals surface area contributed by atoms with Crippen molar-refractivity contribution < 1.29 is 0 Å². The molecule has 2 aliphatic rings. The number of likely N-dealkylation sites (N-methyl/N-ethyl adjacent to an activating group) is 1. The van der Waals surface area contributed by atoms with Gasteiger partial charge in [0.25, 0.3) is 0 Å². The number of fused-ring (bicyclic) bond motifs is 1. The Labute approximate surface area is 166 Å². The minimum absolute atomic E-state index is 0.311. The zero-order valence-electron chi connectivity index (χ0n) is 15.2. The molecule has 0 amide bonds. The summed E-state index contributed by atoms with van der Waals surface area (Å²) in [5.41, 5.74) is 2.48. The van der Waals surface area contributed by atoms with Crippen molar-refractivity contribution >= 4 is 28.9 Å². The Bertz CT molecular complexity index is 749. The lowest BCUT2D eigenvalue weighted by Gasteiger charge is -2.48. The fraction of sp³-hybridized carbons (Fsp3) is 0.455. The SMILES string of the molecule is CN(c1ccccc1)C1CCCC2CCC(c3ccc(Cl)cc3Cl)NC21. The van der Waals surface area contributed by atoms with E-state index in [0.29, 0.717) is 23.1 Å². The summed E-state index contributed by atoms with van der Waals surface area (Å²) in [4.78, 5) is 2.47. The molecular formula is C22H26Cl2N2. The molecule has 26 heavy (non-hydrogen) atoms. The summed E-state index contributed by atoms with van der Waals surface area (Å²) in [6.07, 6.45) is 6.29. The molecule has 0 spiro atoms. The number of nitrogens with one attached hydrogen (secondary N) is 1. The minimum atomic E-state index is 0.311. The summed E-state index contributed by atoms with van der Waals surface area (Å²) in [6.45, 7) is 0. The molecule has 0 aromatic heterocycles. The highest BCUT2D eigenvalue weighted by Gasteiger charge is 2.40. The molecule has 2 aromatic rings. The lowest BCUT2D eigenvalue weighted by atomic mass is 9.73. The van der Waals surface area contributed by atoms with Gasteiger partial charge in [0.2, 0.25) is 0 Å². The molecule has 138 valence electrons. The van der Waals surface area contributed by atoms with Crippen LogP contribution in [0.4, 0.5) is 5.69 Å². The van der Waals surface area contributed by atoms with E-state index in [2.05, 4.69) is 53.7 Å². The minimum Gasteiger partial charge on any atom is -0.370 e. The predicted octanol–water partition coefficient (Wildman–Crippen LogP) is 6.09. The summed E-state index contributed by atoms with van der Waals surface area (Å²) in [7, 11) is 2.24. The van der Waals surface area contributed by atoms with Crippen LogP contribution < -0.4 is 10.2 Å². The maximum atomic E-state index is 6.50. The molecule has 1 aliphatic heterocycles. The second-order valence-electron chi connectivity index (χ2n) is 7.69. The van der Waals surface area contributed by atoms with E-state index in [1.54, 1.807) is 0 Å². The average Bonchev–Trinajstić information content (AvgIpc) is 2.67. The highest BCUT2D eigenvalue weighted by atomic mass is 35.5. The van der Waals surface area contributed by atoms with Crippen LogP contribution in [0.5, 0.6) is 0 Å². The molecule has 1 saturated carbocycles. The molecule has 4 heteroatoms. The van der Waals surface area contributed by atoms with Gasteiger partial charge >= 0.3 is 0 Å². The maximum Gasteiger partial charge on any atom is 0.0468 e. The Hall–Kier alpha value is -1.22. The summed E-state index contributed by atoms with van der Waals surface area (Å²) >= 11 is 12.6. The van der Waals surface area contributed by atoms with Crippen LogP contribution in [-0.2, 0) is 0 Å². The molecule has 2 nitrogen and oxygen atoms in total. The van der Waals surface area contributed by atoms with E-state index in [0.717, 1.165) is 17.4 Å². The highest BCUT2D eigenvalue weighted by Crippen LogP contribution is 2.40. The maximum absolute atomic E-state index is 6.50. The van der Waals surface area contributed by atoms with Crippen LogP contribution in [0.15, 0.2) is 48.5 Å². The Morgan fingerprint density at radius 1 is 0.962 bits per heavy atom. The molecule has 2 fully saturated rings. The van der Waals surface area contributed by atoms with E-state index in [1.165, 1.54) is 36.9 Å². The van der Waals surface area contributed by atoms with E-state index < -0.39 is 0 Å². The van der Waals surface area contributed by atoms with Crippen LogP contribution in [0.2, 0.25) is 10.0 Å². The largest absolute Gasteiger partial charge is 0.370 e. The van der Waals surface area contributed by atoms with Gasteiger partial charge in [-0.15, -0.1) is 0 Å². The van der Waals surface area contributed by atoms with Crippen LogP contribution in [0.3, 0.4) is 0 Å². The number of halogens is 2. The molecule has 4 rings (SSSR count). The molecule has 1 N–H and O–H groups in total. The lowest BCUT2D eigenvalue weighted by molar-refractivity contribution is 0.154. The van der Waals surface area contributed by atoms with Crippen molar-refractivity contribution in [1.29, 1.82) is 0 Å². The fourth-order valence-corrected chi connectivity index (χ4v) is 5.39. The number of benzene rings is 2. The normalized spacial score (nSPS) is 28.4. The molecule has 1 aliphatic carbocycles. The number of piperidine rings is 1. The van der Waals surface area contributed by atoms with Gasteiger partial charge in [0.1, 0.15) is 0 Å². The van der Waals surface area contributed by atoms with Crippen LogP contribution in [0.25, 0.3) is 0 Å². The Kier molecular flexibility index (Phi) is 5.45. The van der Waals surface area contributed by atoms with Gasteiger partial charge in [0.05, 0.1) is 0 Å². The Morgan fingerprint density at radius 3 is 2.54 bits per heavy atom. The van der Waals surface area contributed by atoms with Gasteiger partial charge in [0, 0.05) is 40.9 Å². The zero-order chi connectivity index (χ0) is 18.1.